The van der Waals surface area contributed by atoms with Gasteiger partial charge in [-0.2, -0.15) is 0 Å². The van der Waals surface area contributed by atoms with E-state index in [1.165, 1.54) is 30.3 Å². The van der Waals surface area contributed by atoms with Crippen LogP contribution in [0.4, 0.5) is 13.2 Å². The molecule has 0 aliphatic rings. The van der Waals surface area contributed by atoms with Crippen LogP contribution in [-0.4, -0.2) is 12.3 Å². The predicted molar refractivity (Wildman–Crippen MR) is 69.1 cm³/mol. The van der Waals surface area contributed by atoms with E-state index in [1.54, 1.807) is 12.1 Å². The number of carbonyl (C=O) groups is 1. The van der Waals surface area contributed by atoms with Gasteiger partial charge in [-0.1, -0.05) is 0 Å². The first-order valence-electron chi connectivity index (χ1n) is 5.77. The SMILES string of the molecule is NC(=O)/C=C\c1ccc(-c2ccc(OC(F)(F)F)cc2)o1. The van der Waals surface area contributed by atoms with Gasteiger partial charge in [0.2, 0.25) is 5.91 Å². The van der Waals surface area contributed by atoms with Crippen LogP contribution in [0.25, 0.3) is 17.4 Å². The van der Waals surface area contributed by atoms with Crippen molar-refractivity contribution in [3.05, 3.63) is 48.2 Å². The Kier molecular flexibility index (Phi) is 4.02. The lowest BCUT2D eigenvalue weighted by atomic mass is 10.2. The molecule has 0 bridgehead atoms. The standard InChI is InChI=1S/C14H10F3NO3/c15-14(16,17)21-11-3-1-9(2-4-11)12-7-5-10(20-12)6-8-13(18)19/h1-8H,(H2,18,19)/b8-6-. The number of primary amides is 1. The topological polar surface area (TPSA) is 65.5 Å². The fourth-order valence-corrected chi connectivity index (χ4v) is 1.58. The summed E-state index contributed by atoms with van der Waals surface area (Å²) in [5.41, 5.74) is 5.52. The second-order valence-electron chi connectivity index (χ2n) is 4.01. The Bertz CT molecular complexity index is 657. The third-order valence-corrected chi connectivity index (χ3v) is 2.41. The number of rotatable bonds is 4. The van der Waals surface area contributed by atoms with Gasteiger partial charge in [0.1, 0.15) is 17.3 Å². The summed E-state index contributed by atoms with van der Waals surface area (Å²) >= 11 is 0. The van der Waals surface area contributed by atoms with Gasteiger partial charge < -0.3 is 14.9 Å². The monoisotopic (exact) mass is 297 g/mol. The molecule has 0 unspecified atom stereocenters. The predicted octanol–water partition coefficient (Wildman–Crippen LogP) is 3.34. The maximum Gasteiger partial charge on any atom is 0.573 e. The highest BCUT2D eigenvalue weighted by Crippen LogP contribution is 2.27. The van der Waals surface area contributed by atoms with E-state index in [2.05, 4.69) is 4.74 Å². The summed E-state index contributed by atoms with van der Waals surface area (Å²) in [5.74, 6) is -0.0784. The van der Waals surface area contributed by atoms with Crippen LogP contribution in [0.15, 0.2) is 46.9 Å². The molecule has 2 N–H and O–H groups in total. The van der Waals surface area contributed by atoms with E-state index in [4.69, 9.17) is 10.2 Å². The zero-order valence-electron chi connectivity index (χ0n) is 10.6. The van der Waals surface area contributed by atoms with Crippen molar-refractivity contribution in [1.82, 2.24) is 0 Å². The van der Waals surface area contributed by atoms with Crippen LogP contribution in [0.1, 0.15) is 5.76 Å². The van der Waals surface area contributed by atoms with Crippen LogP contribution >= 0.6 is 0 Å². The van der Waals surface area contributed by atoms with Gasteiger partial charge in [-0.25, -0.2) is 0 Å². The van der Waals surface area contributed by atoms with Gasteiger partial charge in [-0.05, 0) is 42.5 Å². The molecule has 7 heteroatoms. The number of hydrogen-bond acceptors (Lipinski definition) is 3. The minimum Gasteiger partial charge on any atom is -0.457 e. The van der Waals surface area contributed by atoms with Crippen LogP contribution in [0.5, 0.6) is 5.75 Å². The van der Waals surface area contributed by atoms with Crippen LogP contribution in [-0.2, 0) is 4.79 Å². The normalized spacial score (nSPS) is 11.8. The lowest BCUT2D eigenvalue weighted by Crippen LogP contribution is -2.16. The molecule has 1 aromatic carbocycles. The number of nitrogens with two attached hydrogens (primary N) is 1. The molecule has 21 heavy (non-hydrogen) atoms. The van der Waals surface area contributed by atoms with Crippen molar-refractivity contribution < 1.29 is 27.1 Å². The molecule has 2 aromatic rings. The largest absolute Gasteiger partial charge is 0.573 e. The molecule has 1 heterocycles. The summed E-state index contributed by atoms with van der Waals surface area (Å²) in [7, 11) is 0. The van der Waals surface area contributed by atoms with E-state index >= 15 is 0 Å². The Labute approximate surface area is 117 Å². The second-order valence-corrected chi connectivity index (χ2v) is 4.01. The molecule has 1 amide bonds. The number of amides is 1. The third kappa shape index (κ3) is 4.41. The molecule has 0 saturated carbocycles. The number of hydrogen-bond donors (Lipinski definition) is 1. The number of alkyl halides is 3. The first kappa shape index (κ1) is 14.7. The Hall–Kier alpha value is -2.70. The van der Waals surface area contributed by atoms with Crippen molar-refractivity contribution in [2.75, 3.05) is 0 Å². The van der Waals surface area contributed by atoms with Crippen molar-refractivity contribution >= 4 is 12.0 Å². The van der Waals surface area contributed by atoms with Gasteiger partial charge in [0.05, 0.1) is 0 Å². The molecule has 2 rings (SSSR count). The summed E-state index contributed by atoms with van der Waals surface area (Å²) in [6.07, 6.45) is -2.19. The smallest absolute Gasteiger partial charge is 0.457 e. The van der Waals surface area contributed by atoms with Crippen LogP contribution in [0.2, 0.25) is 0 Å². The summed E-state index contributed by atoms with van der Waals surface area (Å²) in [5, 5.41) is 0. The van der Waals surface area contributed by atoms with Crippen molar-refractivity contribution in [1.29, 1.82) is 0 Å². The molecule has 0 aliphatic carbocycles. The Morgan fingerprint density at radius 3 is 2.38 bits per heavy atom. The third-order valence-electron chi connectivity index (χ3n) is 2.41. The average Bonchev–Trinajstić information content (AvgIpc) is 2.84. The summed E-state index contributed by atoms with van der Waals surface area (Å²) in [6.45, 7) is 0. The van der Waals surface area contributed by atoms with Crippen molar-refractivity contribution in [2.24, 2.45) is 5.73 Å². The molecule has 0 fully saturated rings. The summed E-state index contributed by atoms with van der Waals surface area (Å²) in [4.78, 5) is 10.6. The molecular weight excluding hydrogens is 287 g/mol. The minimum absolute atomic E-state index is 0.313. The Morgan fingerprint density at radius 2 is 1.81 bits per heavy atom. The van der Waals surface area contributed by atoms with Gasteiger partial charge >= 0.3 is 6.36 Å². The highest BCUT2D eigenvalue weighted by Gasteiger charge is 2.30. The fraction of sp³-hybridized carbons (Fsp3) is 0.0714. The van der Waals surface area contributed by atoms with E-state index in [0.717, 1.165) is 6.08 Å². The molecular formula is C14H10F3NO3. The molecule has 0 saturated heterocycles. The first-order chi connectivity index (χ1) is 9.83. The van der Waals surface area contributed by atoms with E-state index in [0.29, 0.717) is 17.1 Å². The number of carbonyl (C=O) groups excluding carboxylic acids is 1. The second kappa shape index (κ2) is 5.74. The van der Waals surface area contributed by atoms with Gasteiger partial charge in [0.15, 0.2) is 0 Å². The van der Waals surface area contributed by atoms with Gasteiger partial charge in [-0.3, -0.25) is 4.79 Å². The molecule has 4 nitrogen and oxygen atoms in total. The summed E-state index contributed by atoms with van der Waals surface area (Å²) in [6, 6.07) is 8.46. The van der Waals surface area contributed by atoms with E-state index in [1.807, 2.05) is 0 Å². The average molecular weight is 297 g/mol. The number of benzene rings is 1. The Morgan fingerprint density at radius 1 is 1.14 bits per heavy atom. The van der Waals surface area contributed by atoms with Crippen LogP contribution in [0.3, 0.4) is 0 Å². The lowest BCUT2D eigenvalue weighted by molar-refractivity contribution is -0.274. The quantitative estimate of drug-likeness (QED) is 0.880. The zero-order chi connectivity index (χ0) is 15.5. The molecule has 0 atom stereocenters. The van der Waals surface area contributed by atoms with Crippen LogP contribution in [0, 0.1) is 0 Å². The minimum atomic E-state index is -4.72. The van der Waals surface area contributed by atoms with Gasteiger partial charge in [0.25, 0.3) is 0 Å². The van der Waals surface area contributed by atoms with Crippen molar-refractivity contribution in [2.45, 2.75) is 6.36 Å². The number of ether oxygens (including phenoxy) is 1. The zero-order valence-corrected chi connectivity index (χ0v) is 10.6. The number of halogens is 3. The highest BCUT2D eigenvalue weighted by atomic mass is 19.4. The van der Waals surface area contributed by atoms with Crippen LogP contribution < -0.4 is 10.5 Å². The maximum atomic E-state index is 12.0. The molecule has 0 radical (unpaired) electrons. The van der Waals surface area contributed by atoms with E-state index in [-0.39, 0.29) is 5.75 Å². The molecule has 1 aromatic heterocycles. The molecule has 0 aliphatic heterocycles. The molecule has 0 spiro atoms. The maximum absolute atomic E-state index is 12.0. The fourth-order valence-electron chi connectivity index (χ4n) is 1.58. The van der Waals surface area contributed by atoms with E-state index < -0.39 is 12.3 Å². The lowest BCUT2D eigenvalue weighted by Gasteiger charge is -2.08. The van der Waals surface area contributed by atoms with Gasteiger partial charge in [-0.15, -0.1) is 13.2 Å². The van der Waals surface area contributed by atoms with Gasteiger partial charge in [0, 0.05) is 11.6 Å². The van der Waals surface area contributed by atoms with Crippen molar-refractivity contribution in [3.8, 4) is 17.1 Å². The summed E-state index contributed by atoms with van der Waals surface area (Å²) < 4.78 is 45.3. The van der Waals surface area contributed by atoms with E-state index in [9.17, 15) is 18.0 Å². The van der Waals surface area contributed by atoms with Crippen molar-refractivity contribution in [3.63, 3.8) is 0 Å². The number of furan rings is 1. The molecule has 110 valence electrons. The first-order valence-corrected chi connectivity index (χ1v) is 5.77. The Balaban J connectivity index is 2.14. The highest BCUT2D eigenvalue weighted by molar-refractivity contribution is 5.89.